The standard InChI is InChI=1S/C36H25N/c1-2-25(24-37)21-22-26-11-9-14-28(23-26)35-31-16-5-7-18-33(31)36(34-19-8-6-17-32(34)35)30-20-10-13-27-12-3-4-15-29(27)30/h2-21,23H,1,22H2/b25-21+. The summed E-state index contributed by atoms with van der Waals surface area (Å²) in [4.78, 5) is 0. The highest BCUT2D eigenvalue weighted by Gasteiger charge is 2.17. The van der Waals surface area contributed by atoms with Gasteiger partial charge in [0.2, 0.25) is 0 Å². The van der Waals surface area contributed by atoms with Gasteiger partial charge in [0, 0.05) is 5.57 Å². The van der Waals surface area contributed by atoms with E-state index in [1.54, 1.807) is 6.08 Å². The van der Waals surface area contributed by atoms with E-state index in [2.05, 4.69) is 128 Å². The van der Waals surface area contributed by atoms with Gasteiger partial charge in [-0.1, -0.05) is 134 Å². The first-order chi connectivity index (χ1) is 18.3. The van der Waals surface area contributed by atoms with Gasteiger partial charge < -0.3 is 0 Å². The zero-order chi connectivity index (χ0) is 25.2. The van der Waals surface area contributed by atoms with Gasteiger partial charge in [-0.3, -0.25) is 0 Å². The largest absolute Gasteiger partial charge is 0.192 e. The average Bonchev–Trinajstić information content (AvgIpc) is 2.96. The van der Waals surface area contributed by atoms with Crippen molar-refractivity contribution < 1.29 is 0 Å². The number of hydrogen-bond acceptors (Lipinski definition) is 1. The highest BCUT2D eigenvalue weighted by molar-refractivity contribution is 6.23. The molecular weight excluding hydrogens is 446 g/mol. The van der Waals surface area contributed by atoms with Gasteiger partial charge in [-0.05, 0) is 66.6 Å². The fraction of sp³-hybridized carbons (Fsp3) is 0.0278. The van der Waals surface area contributed by atoms with Gasteiger partial charge in [0.15, 0.2) is 0 Å². The first kappa shape index (κ1) is 22.5. The smallest absolute Gasteiger partial charge is 0.0988 e. The van der Waals surface area contributed by atoms with Crippen LogP contribution in [0.15, 0.2) is 140 Å². The lowest BCUT2D eigenvalue weighted by atomic mass is 9.84. The van der Waals surface area contributed by atoms with E-state index < -0.39 is 0 Å². The molecule has 0 spiro atoms. The predicted molar refractivity (Wildman–Crippen MR) is 157 cm³/mol. The van der Waals surface area contributed by atoms with Crippen LogP contribution >= 0.6 is 0 Å². The SMILES string of the molecule is C=C/C(C#N)=C\Cc1cccc(-c2c3ccccc3c(-c3cccc4ccccc34)c3ccccc23)c1. The molecule has 6 aromatic rings. The predicted octanol–water partition coefficient (Wildman–Crippen LogP) is 9.66. The first-order valence-corrected chi connectivity index (χ1v) is 12.5. The van der Waals surface area contributed by atoms with E-state index >= 15 is 0 Å². The number of nitriles is 1. The molecule has 0 heterocycles. The number of hydrogen-bond donors (Lipinski definition) is 0. The molecule has 0 aliphatic rings. The van der Waals surface area contributed by atoms with Gasteiger partial charge in [-0.25, -0.2) is 0 Å². The maximum absolute atomic E-state index is 9.27. The maximum atomic E-state index is 9.27. The third kappa shape index (κ3) is 3.99. The van der Waals surface area contributed by atoms with Crippen molar-refractivity contribution in [1.82, 2.24) is 0 Å². The van der Waals surface area contributed by atoms with Crippen molar-refractivity contribution in [2.45, 2.75) is 6.42 Å². The Labute approximate surface area is 217 Å². The molecule has 0 saturated heterocycles. The Bertz CT molecular complexity index is 1820. The molecule has 0 saturated carbocycles. The van der Waals surface area contributed by atoms with E-state index in [4.69, 9.17) is 0 Å². The number of rotatable bonds is 5. The van der Waals surface area contributed by atoms with Crippen molar-refractivity contribution in [3.8, 4) is 28.3 Å². The molecule has 0 N–H and O–H groups in total. The number of benzene rings is 6. The van der Waals surface area contributed by atoms with E-state index in [-0.39, 0.29) is 0 Å². The van der Waals surface area contributed by atoms with E-state index in [9.17, 15) is 5.26 Å². The lowest BCUT2D eigenvalue weighted by Crippen LogP contribution is -1.92. The molecule has 0 amide bonds. The Hall–Kier alpha value is -4.93. The van der Waals surface area contributed by atoms with Gasteiger partial charge in [0.05, 0.1) is 6.07 Å². The Balaban J connectivity index is 1.66. The Kier molecular flexibility index (Phi) is 5.85. The minimum atomic E-state index is 0.598. The molecule has 174 valence electrons. The molecule has 0 aliphatic heterocycles. The van der Waals surface area contributed by atoms with Gasteiger partial charge in [0.1, 0.15) is 0 Å². The van der Waals surface area contributed by atoms with Crippen LogP contribution in [0.4, 0.5) is 0 Å². The Morgan fingerprint density at radius 1 is 0.649 bits per heavy atom. The lowest BCUT2D eigenvalue weighted by Gasteiger charge is -2.19. The van der Waals surface area contributed by atoms with E-state index in [1.165, 1.54) is 60.1 Å². The average molecular weight is 472 g/mol. The number of nitrogens with zero attached hydrogens (tertiary/aromatic N) is 1. The first-order valence-electron chi connectivity index (χ1n) is 12.5. The summed E-state index contributed by atoms with van der Waals surface area (Å²) >= 11 is 0. The molecule has 0 unspecified atom stereocenters. The molecule has 0 radical (unpaired) electrons. The summed E-state index contributed by atoms with van der Waals surface area (Å²) in [6.45, 7) is 3.74. The van der Waals surface area contributed by atoms with Crippen LogP contribution in [0.25, 0.3) is 54.6 Å². The van der Waals surface area contributed by atoms with Crippen molar-refractivity contribution in [3.05, 3.63) is 145 Å². The summed E-state index contributed by atoms with van der Waals surface area (Å²) in [5.41, 5.74) is 6.71. The van der Waals surface area contributed by atoms with Crippen molar-refractivity contribution in [1.29, 1.82) is 5.26 Å². The highest BCUT2D eigenvalue weighted by Crippen LogP contribution is 2.45. The van der Waals surface area contributed by atoms with Crippen LogP contribution < -0.4 is 0 Å². The molecule has 0 aromatic heterocycles. The van der Waals surface area contributed by atoms with Gasteiger partial charge >= 0.3 is 0 Å². The number of allylic oxidation sites excluding steroid dienone is 3. The molecular formula is C36H25N. The highest BCUT2D eigenvalue weighted by atomic mass is 14.2. The molecule has 1 nitrogen and oxygen atoms in total. The Morgan fingerprint density at radius 3 is 1.86 bits per heavy atom. The molecule has 37 heavy (non-hydrogen) atoms. The summed E-state index contributed by atoms with van der Waals surface area (Å²) in [6, 6.07) is 43.6. The summed E-state index contributed by atoms with van der Waals surface area (Å²) in [6.07, 6.45) is 4.23. The second-order valence-electron chi connectivity index (χ2n) is 9.25. The van der Waals surface area contributed by atoms with Gasteiger partial charge in [-0.15, -0.1) is 0 Å². The van der Waals surface area contributed by atoms with Crippen LogP contribution in [0.2, 0.25) is 0 Å². The summed E-state index contributed by atoms with van der Waals surface area (Å²) < 4.78 is 0. The van der Waals surface area contributed by atoms with E-state index in [1.807, 2.05) is 6.08 Å². The van der Waals surface area contributed by atoms with Crippen molar-refractivity contribution in [2.24, 2.45) is 0 Å². The summed E-state index contributed by atoms with van der Waals surface area (Å²) in [7, 11) is 0. The van der Waals surface area contributed by atoms with Crippen LogP contribution in [-0.4, -0.2) is 0 Å². The molecule has 6 rings (SSSR count). The minimum absolute atomic E-state index is 0.598. The molecule has 0 atom stereocenters. The van der Waals surface area contributed by atoms with Crippen molar-refractivity contribution in [2.75, 3.05) is 0 Å². The van der Waals surface area contributed by atoms with E-state index in [0.29, 0.717) is 12.0 Å². The summed E-state index contributed by atoms with van der Waals surface area (Å²) in [5.74, 6) is 0. The summed E-state index contributed by atoms with van der Waals surface area (Å²) in [5, 5.41) is 16.7. The fourth-order valence-electron chi connectivity index (χ4n) is 5.43. The second kappa shape index (κ2) is 9.61. The topological polar surface area (TPSA) is 23.8 Å². The van der Waals surface area contributed by atoms with Gasteiger partial charge in [-0.2, -0.15) is 5.26 Å². The minimum Gasteiger partial charge on any atom is -0.192 e. The normalized spacial score (nSPS) is 11.6. The number of fused-ring (bicyclic) bond motifs is 3. The quantitative estimate of drug-likeness (QED) is 0.139. The maximum Gasteiger partial charge on any atom is 0.0988 e. The van der Waals surface area contributed by atoms with Crippen LogP contribution in [0, 0.1) is 11.3 Å². The monoisotopic (exact) mass is 471 g/mol. The zero-order valence-electron chi connectivity index (χ0n) is 20.5. The third-order valence-electron chi connectivity index (χ3n) is 7.11. The zero-order valence-corrected chi connectivity index (χ0v) is 20.5. The molecule has 0 aliphatic carbocycles. The van der Waals surface area contributed by atoms with Crippen LogP contribution in [0.1, 0.15) is 5.56 Å². The fourth-order valence-corrected chi connectivity index (χ4v) is 5.43. The lowest BCUT2D eigenvalue weighted by molar-refractivity contribution is 1.26. The van der Waals surface area contributed by atoms with Crippen molar-refractivity contribution >= 4 is 32.3 Å². The van der Waals surface area contributed by atoms with Crippen LogP contribution in [0.3, 0.4) is 0 Å². The van der Waals surface area contributed by atoms with Crippen molar-refractivity contribution in [3.63, 3.8) is 0 Å². The van der Waals surface area contributed by atoms with Gasteiger partial charge in [0.25, 0.3) is 0 Å². The molecule has 1 heteroatoms. The van der Waals surface area contributed by atoms with Crippen LogP contribution in [0.5, 0.6) is 0 Å². The molecule has 0 fully saturated rings. The third-order valence-corrected chi connectivity index (χ3v) is 7.11. The Morgan fingerprint density at radius 2 is 1.22 bits per heavy atom. The van der Waals surface area contributed by atoms with Crippen LogP contribution in [-0.2, 0) is 6.42 Å². The van der Waals surface area contributed by atoms with E-state index in [0.717, 1.165) is 0 Å². The molecule has 6 aromatic carbocycles. The molecule has 0 bridgehead atoms. The second-order valence-corrected chi connectivity index (χ2v) is 9.25.